The van der Waals surface area contributed by atoms with Crippen molar-refractivity contribution in [1.29, 1.82) is 0 Å². The molecule has 0 heterocycles. The molecule has 3 heteroatoms. The number of aliphatic hydroxyl groups is 1. The largest absolute Gasteiger partial charge is 0.479 e. The maximum absolute atomic E-state index is 10.4. The molecule has 0 rings (SSSR count). The number of allylic oxidation sites excluding steroid dienone is 6. The number of aliphatic carboxylic acids is 1. The fraction of sp³-hybridized carbons (Fsp3) is 0.588. The van der Waals surface area contributed by atoms with Crippen LogP contribution in [0.4, 0.5) is 0 Å². The van der Waals surface area contributed by atoms with Crippen LogP contribution >= 0.6 is 0 Å². The molecule has 0 saturated carbocycles. The highest BCUT2D eigenvalue weighted by atomic mass is 16.4. The van der Waals surface area contributed by atoms with Gasteiger partial charge in [0.05, 0.1) is 0 Å². The molecule has 0 fully saturated rings. The van der Waals surface area contributed by atoms with Gasteiger partial charge in [-0.25, -0.2) is 4.79 Å². The normalized spacial score (nSPS) is 13.7. The number of hydrogen-bond acceptors (Lipinski definition) is 2. The molecule has 2 N–H and O–H groups in total. The third kappa shape index (κ3) is 13.1. The topological polar surface area (TPSA) is 57.5 Å². The van der Waals surface area contributed by atoms with Crippen molar-refractivity contribution in [2.75, 3.05) is 0 Å². The summed E-state index contributed by atoms with van der Waals surface area (Å²) in [4.78, 5) is 10.4. The first kappa shape index (κ1) is 18.7. The fourth-order valence-electron chi connectivity index (χ4n) is 1.73. The molecule has 114 valence electrons. The Balaban J connectivity index is 3.36. The molecule has 0 radical (unpaired) electrons. The summed E-state index contributed by atoms with van der Waals surface area (Å²) in [5, 5.41) is 17.6. The standard InChI is InChI=1S/C17H28O3/c1-2-3-4-5-6-7-8-9-10-11-12-13-14-15-16(18)17(19)20/h3-4,6-7,9-10,16,18H,2,5,8,11-15H2,1H3,(H,19,20)/b4-3-,7-6-,10-9-/t16-/m1/s1. The molecule has 0 aliphatic heterocycles. The van der Waals surface area contributed by atoms with Gasteiger partial charge in [-0.15, -0.1) is 0 Å². The molecule has 0 unspecified atom stereocenters. The van der Waals surface area contributed by atoms with Gasteiger partial charge in [0.15, 0.2) is 6.10 Å². The lowest BCUT2D eigenvalue weighted by Crippen LogP contribution is -2.18. The number of hydrogen-bond donors (Lipinski definition) is 2. The molecule has 20 heavy (non-hydrogen) atoms. The van der Waals surface area contributed by atoms with E-state index in [1.807, 2.05) is 0 Å². The second-order valence-corrected chi connectivity index (χ2v) is 4.79. The Kier molecular flexibility index (Phi) is 13.1. The smallest absolute Gasteiger partial charge is 0.332 e. The van der Waals surface area contributed by atoms with Gasteiger partial charge in [-0.2, -0.15) is 0 Å². The summed E-state index contributed by atoms with van der Waals surface area (Å²) in [6, 6.07) is 0. The zero-order valence-electron chi connectivity index (χ0n) is 12.5. The Labute approximate surface area is 122 Å². The predicted molar refractivity (Wildman–Crippen MR) is 83.7 cm³/mol. The average molecular weight is 280 g/mol. The lowest BCUT2D eigenvalue weighted by molar-refractivity contribution is -0.146. The maximum atomic E-state index is 10.4. The minimum Gasteiger partial charge on any atom is -0.479 e. The third-order valence-corrected chi connectivity index (χ3v) is 2.91. The highest BCUT2D eigenvalue weighted by Gasteiger charge is 2.11. The molecule has 0 amide bonds. The van der Waals surface area contributed by atoms with Gasteiger partial charge in [0.2, 0.25) is 0 Å². The van der Waals surface area contributed by atoms with E-state index in [9.17, 15) is 4.79 Å². The number of unbranched alkanes of at least 4 members (excludes halogenated alkanes) is 3. The van der Waals surface area contributed by atoms with Crippen molar-refractivity contribution in [3.63, 3.8) is 0 Å². The number of rotatable bonds is 12. The summed E-state index contributed by atoms with van der Waals surface area (Å²) in [5.74, 6) is -1.12. The molecule has 0 saturated heterocycles. The molecule has 0 aromatic carbocycles. The Morgan fingerprint density at radius 3 is 2.15 bits per heavy atom. The van der Waals surface area contributed by atoms with Gasteiger partial charge in [0.1, 0.15) is 0 Å². The van der Waals surface area contributed by atoms with Crippen LogP contribution in [0.5, 0.6) is 0 Å². The minimum absolute atomic E-state index is 0.354. The van der Waals surface area contributed by atoms with E-state index in [0.717, 1.165) is 44.9 Å². The first-order valence-corrected chi connectivity index (χ1v) is 7.54. The summed E-state index contributed by atoms with van der Waals surface area (Å²) in [5.41, 5.74) is 0. The minimum atomic E-state index is -1.20. The van der Waals surface area contributed by atoms with Gasteiger partial charge in [-0.1, -0.05) is 56.2 Å². The fourth-order valence-corrected chi connectivity index (χ4v) is 1.73. The van der Waals surface area contributed by atoms with Gasteiger partial charge >= 0.3 is 5.97 Å². The predicted octanol–water partition coefficient (Wildman–Crippen LogP) is 4.24. The van der Waals surface area contributed by atoms with Crippen LogP contribution in [0.1, 0.15) is 58.3 Å². The van der Waals surface area contributed by atoms with E-state index in [-0.39, 0.29) is 0 Å². The summed E-state index contributed by atoms with van der Waals surface area (Å²) < 4.78 is 0. The zero-order valence-corrected chi connectivity index (χ0v) is 12.5. The summed E-state index contributed by atoms with van der Waals surface area (Å²) in [7, 11) is 0. The Morgan fingerprint density at radius 1 is 0.950 bits per heavy atom. The summed E-state index contributed by atoms with van der Waals surface area (Å²) in [6.45, 7) is 2.13. The van der Waals surface area contributed by atoms with E-state index < -0.39 is 12.1 Å². The van der Waals surface area contributed by atoms with Crippen LogP contribution < -0.4 is 0 Å². The molecule has 1 atom stereocenters. The van der Waals surface area contributed by atoms with Crippen molar-refractivity contribution in [2.24, 2.45) is 0 Å². The average Bonchev–Trinajstić information content (AvgIpc) is 2.43. The summed E-state index contributed by atoms with van der Waals surface area (Å²) >= 11 is 0. The zero-order chi connectivity index (χ0) is 15.1. The van der Waals surface area contributed by atoms with Crippen molar-refractivity contribution in [3.8, 4) is 0 Å². The maximum Gasteiger partial charge on any atom is 0.332 e. The van der Waals surface area contributed by atoms with Gasteiger partial charge < -0.3 is 10.2 Å². The van der Waals surface area contributed by atoms with E-state index in [4.69, 9.17) is 10.2 Å². The van der Waals surface area contributed by atoms with Crippen LogP contribution in [0.2, 0.25) is 0 Å². The van der Waals surface area contributed by atoms with Gasteiger partial charge in [-0.05, 0) is 38.5 Å². The van der Waals surface area contributed by atoms with Crippen molar-refractivity contribution in [3.05, 3.63) is 36.5 Å². The van der Waals surface area contributed by atoms with E-state index in [1.54, 1.807) is 0 Å². The van der Waals surface area contributed by atoms with E-state index in [0.29, 0.717) is 6.42 Å². The van der Waals surface area contributed by atoms with Crippen LogP contribution in [0.25, 0.3) is 0 Å². The van der Waals surface area contributed by atoms with Gasteiger partial charge in [0, 0.05) is 0 Å². The number of aliphatic hydroxyl groups excluding tert-OH is 1. The quantitative estimate of drug-likeness (QED) is 0.415. The van der Waals surface area contributed by atoms with Gasteiger partial charge in [-0.3, -0.25) is 0 Å². The monoisotopic (exact) mass is 280 g/mol. The molecular weight excluding hydrogens is 252 g/mol. The molecule has 0 aliphatic rings. The number of carboxylic acid groups (broad SMARTS) is 1. The van der Waals surface area contributed by atoms with Crippen LogP contribution in [0, 0.1) is 0 Å². The van der Waals surface area contributed by atoms with E-state index in [2.05, 4.69) is 43.4 Å². The van der Waals surface area contributed by atoms with Gasteiger partial charge in [0.25, 0.3) is 0 Å². The number of carbonyl (C=O) groups is 1. The Morgan fingerprint density at radius 2 is 1.55 bits per heavy atom. The van der Waals surface area contributed by atoms with Crippen molar-refractivity contribution in [2.45, 2.75) is 64.4 Å². The highest BCUT2D eigenvalue weighted by molar-refractivity contribution is 5.71. The van der Waals surface area contributed by atoms with Crippen molar-refractivity contribution < 1.29 is 15.0 Å². The molecule has 0 aromatic rings. The second-order valence-electron chi connectivity index (χ2n) is 4.79. The molecule has 3 nitrogen and oxygen atoms in total. The van der Waals surface area contributed by atoms with Crippen LogP contribution in [-0.2, 0) is 4.79 Å². The Bertz CT molecular complexity index is 316. The van der Waals surface area contributed by atoms with Crippen molar-refractivity contribution >= 4 is 5.97 Å². The molecule has 0 spiro atoms. The van der Waals surface area contributed by atoms with Crippen molar-refractivity contribution in [1.82, 2.24) is 0 Å². The first-order chi connectivity index (χ1) is 9.68. The van der Waals surface area contributed by atoms with E-state index in [1.165, 1.54) is 0 Å². The lowest BCUT2D eigenvalue weighted by atomic mass is 10.1. The molecule has 0 bridgehead atoms. The van der Waals surface area contributed by atoms with Crippen LogP contribution in [0.15, 0.2) is 36.5 Å². The SMILES string of the molecule is CC/C=C\C/C=C\C/C=C\CCCCC[C@@H](O)C(=O)O. The Hall–Kier alpha value is -1.35. The lowest BCUT2D eigenvalue weighted by Gasteiger charge is -2.03. The highest BCUT2D eigenvalue weighted by Crippen LogP contribution is 2.06. The first-order valence-electron chi connectivity index (χ1n) is 7.54. The molecule has 0 aromatic heterocycles. The molecular formula is C17H28O3. The second kappa shape index (κ2) is 14.1. The third-order valence-electron chi connectivity index (χ3n) is 2.91. The van der Waals surface area contributed by atoms with Crippen LogP contribution in [-0.4, -0.2) is 22.3 Å². The molecule has 0 aliphatic carbocycles. The summed E-state index contributed by atoms with van der Waals surface area (Å²) in [6.07, 6.45) is 19.0. The van der Waals surface area contributed by atoms with Crippen LogP contribution in [0.3, 0.4) is 0 Å². The number of carboxylic acids is 1. The van der Waals surface area contributed by atoms with E-state index >= 15 is 0 Å².